The molecule has 3 aromatic heterocycles. The second kappa shape index (κ2) is 11.8. The molecule has 0 amide bonds. The molecule has 41 heavy (non-hydrogen) atoms. The van der Waals surface area contributed by atoms with Gasteiger partial charge >= 0.3 is 5.97 Å². The monoisotopic (exact) mass is 586 g/mol. The van der Waals surface area contributed by atoms with E-state index in [9.17, 15) is 4.79 Å². The Morgan fingerprint density at radius 1 is 0.659 bits per heavy atom. The topological polar surface area (TPSA) is 64.3 Å². The van der Waals surface area contributed by atoms with Crippen LogP contribution in [0.5, 0.6) is 0 Å². The number of hydrogen-bond acceptors (Lipinski definition) is 6. The minimum absolute atomic E-state index is 0.278. The van der Waals surface area contributed by atoms with E-state index < -0.39 is 5.97 Å². The molecule has 0 atom stereocenters. The van der Waals surface area contributed by atoms with Gasteiger partial charge < -0.3 is 10.0 Å². The van der Waals surface area contributed by atoms with Crippen LogP contribution in [-0.4, -0.2) is 11.1 Å². The van der Waals surface area contributed by atoms with Crippen LogP contribution < -0.4 is 4.90 Å². The van der Waals surface area contributed by atoms with Crippen molar-refractivity contribution in [3.05, 3.63) is 130 Å². The van der Waals surface area contributed by atoms with Crippen molar-refractivity contribution >= 4 is 63.1 Å². The van der Waals surface area contributed by atoms with E-state index in [1.165, 1.54) is 38.3 Å². The maximum Gasteiger partial charge on any atom is 0.346 e. The van der Waals surface area contributed by atoms with Gasteiger partial charge in [-0.1, -0.05) is 48.5 Å². The first-order chi connectivity index (χ1) is 20.1. The summed E-state index contributed by atoms with van der Waals surface area (Å²) >= 11 is 4.91. The summed E-state index contributed by atoms with van der Waals surface area (Å²) in [4.78, 5) is 17.7. The molecule has 0 unspecified atom stereocenters. The minimum Gasteiger partial charge on any atom is -0.477 e. The lowest BCUT2D eigenvalue weighted by molar-refractivity contribution is -0.132. The van der Waals surface area contributed by atoms with Gasteiger partial charge in [0.05, 0.1) is 0 Å². The SMILES string of the molecule is N#C/C(=C\c1ccc(-c2ccc(N(c3ccc(-c4cccs4)cc3)c3ccc(-c4cccs4)cc3)cc2)s1)C(=O)O. The van der Waals surface area contributed by atoms with Crippen LogP contribution in [0.2, 0.25) is 0 Å². The number of nitriles is 1. The second-order valence-corrected chi connectivity index (χ2v) is 12.1. The Morgan fingerprint density at radius 2 is 1.12 bits per heavy atom. The number of aliphatic carboxylic acids is 1. The fraction of sp³-hybridized carbons (Fsp3) is 0. The van der Waals surface area contributed by atoms with Crippen molar-refractivity contribution < 1.29 is 9.90 Å². The summed E-state index contributed by atoms with van der Waals surface area (Å²) in [5, 5.41) is 22.4. The number of anilines is 3. The first-order valence-corrected chi connectivity index (χ1v) is 15.3. The van der Waals surface area contributed by atoms with Crippen LogP contribution in [0.4, 0.5) is 17.1 Å². The van der Waals surface area contributed by atoms with E-state index in [4.69, 9.17) is 10.4 Å². The molecule has 0 aliphatic heterocycles. The van der Waals surface area contributed by atoms with Gasteiger partial charge in [-0.15, -0.1) is 34.0 Å². The summed E-state index contributed by atoms with van der Waals surface area (Å²) < 4.78 is 0. The highest BCUT2D eigenvalue weighted by Crippen LogP contribution is 2.39. The van der Waals surface area contributed by atoms with Crippen molar-refractivity contribution in [3.63, 3.8) is 0 Å². The molecule has 198 valence electrons. The first kappa shape index (κ1) is 26.5. The number of benzene rings is 3. The van der Waals surface area contributed by atoms with Gasteiger partial charge in [-0.25, -0.2) is 4.79 Å². The zero-order chi connectivity index (χ0) is 28.2. The number of carboxylic acids is 1. The normalized spacial score (nSPS) is 11.2. The van der Waals surface area contributed by atoms with Crippen LogP contribution in [0, 0.1) is 11.3 Å². The molecular weight excluding hydrogens is 565 g/mol. The number of rotatable bonds is 8. The van der Waals surface area contributed by atoms with Gasteiger partial charge in [-0.3, -0.25) is 0 Å². The molecule has 3 aromatic carbocycles. The van der Waals surface area contributed by atoms with Gasteiger partial charge in [0.1, 0.15) is 11.6 Å². The molecule has 0 aliphatic carbocycles. The Balaban J connectivity index is 1.34. The molecular formula is C34H22N2O2S3. The molecule has 0 spiro atoms. The molecule has 3 heterocycles. The third-order valence-corrected chi connectivity index (χ3v) is 9.46. The highest BCUT2D eigenvalue weighted by molar-refractivity contribution is 7.16. The quantitative estimate of drug-likeness (QED) is 0.142. The van der Waals surface area contributed by atoms with E-state index in [2.05, 4.69) is 113 Å². The molecule has 0 aliphatic rings. The number of hydrogen-bond donors (Lipinski definition) is 1. The fourth-order valence-corrected chi connectivity index (χ4v) is 6.95. The number of carboxylic acid groups (broad SMARTS) is 1. The fourth-order valence-electron chi connectivity index (χ4n) is 4.53. The summed E-state index contributed by atoms with van der Waals surface area (Å²) in [6.07, 6.45) is 1.41. The largest absolute Gasteiger partial charge is 0.477 e. The lowest BCUT2D eigenvalue weighted by atomic mass is 10.1. The van der Waals surface area contributed by atoms with Crippen molar-refractivity contribution in [1.82, 2.24) is 0 Å². The Labute approximate surface area is 250 Å². The van der Waals surface area contributed by atoms with Crippen LogP contribution >= 0.6 is 34.0 Å². The molecule has 4 nitrogen and oxygen atoms in total. The van der Waals surface area contributed by atoms with Crippen molar-refractivity contribution in [2.45, 2.75) is 0 Å². The average Bonchev–Trinajstić information content (AvgIpc) is 3.81. The molecule has 6 aromatic rings. The molecule has 0 bridgehead atoms. The predicted molar refractivity (Wildman–Crippen MR) is 172 cm³/mol. The van der Waals surface area contributed by atoms with Crippen LogP contribution in [0.1, 0.15) is 4.88 Å². The molecule has 0 fully saturated rings. The zero-order valence-electron chi connectivity index (χ0n) is 21.6. The van der Waals surface area contributed by atoms with Crippen molar-refractivity contribution in [2.75, 3.05) is 4.90 Å². The highest BCUT2D eigenvalue weighted by Gasteiger charge is 2.15. The molecule has 1 N–H and O–H groups in total. The van der Waals surface area contributed by atoms with Crippen molar-refractivity contribution in [1.29, 1.82) is 5.26 Å². The van der Waals surface area contributed by atoms with E-state index in [1.807, 2.05) is 12.1 Å². The molecule has 0 saturated heterocycles. The number of thiophene rings is 3. The standard InChI is InChI=1S/C34H22N2O2S3/c35-22-26(34(37)38)21-30-17-18-33(41-30)25-9-15-29(16-10-25)36(27-11-5-23(6-12-27)31-3-1-19-39-31)28-13-7-24(8-14-28)32-4-2-20-40-32/h1-21H,(H,37,38)/b26-21+. The lowest BCUT2D eigenvalue weighted by Gasteiger charge is -2.26. The summed E-state index contributed by atoms with van der Waals surface area (Å²) in [7, 11) is 0. The van der Waals surface area contributed by atoms with Crippen LogP contribution in [0.25, 0.3) is 37.4 Å². The molecule has 6 rings (SSSR count). The highest BCUT2D eigenvalue weighted by atomic mass is 32.1. The Morgan fingerprint density at radius 3 is 1.51 bits per heavy atom. The molecule has 0 saturated carbocycles. The average molecular weight is 587 g/mol. The molecule has 7 heteroatoms. The third-order valence-electron chi connectivity index (χ3n) is 6.54. The summed E-state index contributed by atoms with van der Waals surface area (Å²) in [6.45, 7) is 0. The number of carbonyl (C=O) groups is 1. The Hall–Kier alpha value is -4.74. The second-order valence-electron chi connectivity index (χ2n) is 9.11. The Kier molecular flexibility index (Phi) is 7.61. The minimum atomic E-state index is -1.22. The van der Waals surface area contributed by atoms with E-state index in [0.717, 1.165) is 32.4 Å². The summed E-state index contributed by atoms with van der Waals surface area (Å²) in [5.74, 6) is -1.22. The van der Waals surface area contributed by atoms with E-state index in [0.29, 0.717) is 0 Å². The molecule has 0 radical (unpaired) electrons. The number of nitrogens with zero attached hydrogens (tertiary/aromatic N) is 2. The van der Waals surface area contributed by atoms with Crippen LogP contribution in [0.15, 0.2) is 126 Å². The van der Waals surface area contributed by atoms with Gasteiger partial charge in [-0.05, 0) is 94.2 Å². The maximum absolute atomic E-state index is 11.2. The van der Waals surface area contributed by atoms with Crippen molar-refractivity contribution in [3.8, 4) is 37.4 Å². The first-order valence-electron chi connectivity index (χ1n) is 12.7. The lowest BCUT2D eigenvalue weighted by Crippen LogP contribution is -2.09. The summed E-state index contributed by atoms with van der Waals surface area (Å²) in [5.41, 5.74) is 6.27. The van der Waals surface area contributed by atoms with Gasteiger partial charge in [0.2, 0.25) is 0 Å². The van der Waals surface area contributed by atoms with Crippen LogP contribution in [0.3, 0.4) is 0 Å². The summed E-state index contributed by atoms with van der Waals surface area (Å²) in [6, 6.07) is 39.5. The maximum atomic E-state index is 11.2. The third kappa shape index (κ3) is 5.76. The van der Waals surface area contributed by atoms with E-state index in [-0.39, 0.29) is 5.57 Å². The van der Waals surface area contributed by atoms with Gasteiger partial charge in [0, 0.05) is 36.6 Å². The van der Waals surface area contributed by atoms with Crippen LogP contribution in [-0.2, 0) is 4.79 Å². The smallest absolute Gasteiger partial charge is 0.346 e. The van der Waals surface area contributed by atoms with Gasteiger partial charge in [0.25, 0.3) is 0 Å². The van der Waals surface area contributed by atoms with Crippen molar-refractivity contribution in [2.24, 2.45) is 0 Å². The predicted octanol–water partition coefficient (Wildman–Crippen LogP) is 10.3. The Bertz CT molecular complexity index is 1760. The van der Waals surface area contributed by atoms with Gasteiger partial charge in [0.15, 0.2) is 0 Å². The zero-order valence-corrected chi connectivity index (χ0v) is 24.0. The van der Waals surface area contributed by atoms with E-state index in [1.54, 1.807) is 28.7 Å². The van der Waals surface area contributed by atoms with Gasteiger partial charge in [-0.2, -0.15) is 5.26 Å². The van der Waals surface area contributed by atoms with E-state index >= 15 is 0 Å².